The monoisotopic (exact) mass is 316 g/mol. The number of hydrogen-bond donors (Lipinski definition) is 1. The highest BCUT2D eigenvalue weighted by Crippen LogP contribution is 2.21. The van der Waals surface area contributed by atoms with Gasteiger partial charge in [-0.1, -0.05) is 13.0 Å². The van der Waals surface area contributed by atoms with Gasteiger partial charge in [0.25, 0.3) is 10.1 Å². The fraction of sp³-hybridized carbons (Fsp3) is 0.188. The van der Waals surface area contributed by atoms with Crippen molar-refractivity contribution in [2.24, 2.45) is 0 Å². The summed E-state index contributed by atoms with van der Waals surface area (Å²) >= 11 is 0. The van der Waals surface area contributed by atoms with Gasteiger partial charge < -0.3 is 5.32 Å². The van der Waals surface area contributed by atoms with Crippen LogP contribution in [0.25, 0.3) is 0 Å². The van der Waals surface area contributed by atoms with Crippen molar-refractivity contribution in [2.45, 2.75) is 18.2 Å². The van der Waals surface area contributed by atoms with Crippen LogP contribution in [0.1, 0.15) is 18.9 Å². The summed E-state index contributed by atoms with van der Waals surface area (Å²) in [7, 11) is -3.73. The number of benzene rings is 2. The molecule has 0 spiro atoms. The van der Waals surface area contributed by atoms with E-state index in [4.69, 9.17) is 9.44 Å². The second kappa shape index (κ2) is 7.07. The Hall–Kier alpha value is -2.36. The van der Waals surface area contributed by atoms with Gasteiger partial charge in [-0.2, -0.15) is 13.7 Å². The first-order valence-corrected chi connectivity index (χ1v) is 8.22. The standard InChI is InChI=1S/C16H16N2O3S/c1-2-10-21-22(19,20)16-5-3-4-15(11-16)18-14-8-6-13(12-17)7-9-14/h3-9,11,18H,2,10H2,1H3. The lowest BCUT2D eigenvalue weighted by Crippen LogP contribution is -2.07. The summed E-state index contributed by atoms with van der Waals surface area (Å²) in [5.74, 6) is 0. The van der Waals surface area contributed by atoms with Crippen LogP contribution >= 0.6 is 0 Å². The summed E-state index contributed by atoms with van der Waals surface area (Å²) in [5, 5.41) is 11.9. The molecule has 0 heterocycles. The van der Waals surface area contributed by atoms with Crippen LogP contribution in [0.4, 0.5) is 11.4 Å². The van der Waals surface area contributed by atoms with Gasteiger partial charge in [-0.05, 0) is 48.9 Å². The quantitative estimate of drug-likeness (QED) is 0.826. The minimum atomic E-state index is -3.73. The van der Waals surface area contributed by atoms with E-state index in [0.29, 0.717) is 17.7 Å². The Morgan fingerprint density at radius 3 is 2.50 bits per heavy atom. The van der Waals surface area contributed by atoms with Crippen molar-refractivity contribution >= 4 is 21.5 Å². The average Bonchev–Trinajstić information content (AvgIpc) is 2.54. The maximum atomic E-state index is 12.0. The molecule has 0 saturated heterocycles. The number of anilines is 2. The predicted molar refractivity (Wildman–Crippen MR) is 84.3 cm³/mol. The van der Waals surface area contributed by atoms with Crippen molar-refractivity contribution < 1.29 is 12.6 Å². The molecule has 0 aliphatic heterocycles. The Labute approximate surface area is 130 Å². The third-order valence-corrected chi connectivity index (χ3v) is 4.18. The topological polar surface area (TPSA) is 79.2 Å². The summed E-state index contributed by atoms with van der Waals surface area (Å²) in [6.45, 7) is 2.01. The summed E-state index contributed by atoms with van der Waals surface area (Å²) in [6, 6.07) is 15.4. The molecule has 1 N–H and O–H groups in total. The van der Waals surface area contributed by atoms with Gasteiger partial charge >= 0.3 is 0 Å². The lowest BCUT2D eigenvalue weighted by Gasteiger charge is -2.09. The fourth-order valence-corrected chi connectivity index (χ4v) is 2.82. The SMILES string of the molecule is CCCOS(=O)(=O)c1cccc(Nc2ccc(C#N)cc2)c1. The smallest absolute Gasteiger partial charge is 0.297 e. The van der Waals surface area contributed by atoms with Crippen molar-refractivity contribution in [3.8, 4) is 6.07 Å². The fourth-order valence-electron chi connectivity index (χ4n) is 1.79. The van der Waals surface area contributed by atoms with E-state index in [9.17, 15) is 8.42 Å². The molecule has 2 aromatic carbocycles. The third-order valence-electron chi connectivity index (χ3n) is 2.87. The molecular weight excluding hydrogens is 300 g/mol. The zero-order valence-electron chi connectivity index (χ0n) is 12.1. The van der Waals surface area contributed by atoms with Gasteiger partial charge in [-0.25, -0.2) is 0 Å². The van der Waals surface area contributed by atoms with Crippen molar-refractivity contribution in [2.75, 3.05) is 11.9 Å². The molecule has 0 aromatic heterocycles. The van der Waals surface area contributed by atoms with Crippen molar-refractivity contribution in [1.29, 1.82) is 5.26 Å². The predicted octanol–water partition coefficient (Wildman–Crippen LogP) is 3.42. The molecule has 0 saturated carbocycles. The maximum absolute atomic E-state index is 12.0. The number of nitrogens with zero attached hydrogens (tertiary/aromatic N) is 1. The van der Waals surface area contributed by atoms with Crippen LogP contribution in [0.3, 0.4) is 0 Å². The Bertz CT molecular complexity index is 778. The molecule has 114 valence electrons. The number of nitriles is 1. The molecule has 0 aliphatic rings. The second-order valence-corrected chi connectivity index (χ2v) is 6.23. The van der Waals surface area contributed by atoms with E-state index in [1.54, 1.807) is 36.4 Å². The van der Waals surface area contributed by atoms with E-state index in [0.717, 1.165) is 5.69 Å². The molecule has 6 heteroatoms. The molecule has 22 heavy (non-hydrogen) atoms. The molecule has 0 atom stereocenters. The molecule has 0 bridgehead atoms. The van der Waals surface area contributed by atoms with Gasteiger partial charge in [0, 0.05) is 11.4 Å². The molecule has 0 radical (unpaired) electrons. The van der Waals surface area contributed by atoms with Gasteiger partial charge in [-0.15, -0.1) is 0 Å². The highest BCUT2D eigenvalue weighted by atomic mass is 32.2. The molecule has 0 fully saturated rings. The van der Waals surface area contributed by atoms with Crippen molar-refractivity contribution in [1.82, 2.24) is 0 Å². The summed E-state index contributed by atoms with van der Waals surface area (Å²) < 4.78 is 28.9. The third kappa shape index (κ3) is 4.07. The van der Waals surface area contributed by atoms with E-state index >= 15 is 0 Å². The molecule has 0 unspecified atom stereocenters. The van der Waals surface area contributed by atoms with E-state index < -0.39 is 10.1 Å². The Balaban J connectivity index is 2.19. The Morgan fingerprint density at radius 2 is 1.86 bits per heavy atom. The van der Waals surface area contributed by atoms with Crippen LogP contribution in [-0.4, -0.2) is 15.0 Å². The van der Waals surface area contributed by atoms with Crippen molar-refractivity contribution in [3.63, 3.8) is 0 Å². The van der Waals surface area contributed by atoms with Gasteiger partial charge in [0.1, 0.15) is 0 Å². The highest BCUT2D eigenvalue weighted by molar-refractivity contribution is 7.86. The normalized spacial score (nSPS) is 10.9. The Morgan fingerprint density at radius 1 is 1.14 bits per heavy atom. The van der Waals surface area contributed by atoms with Gasteiger partial charge in [0.2, 0.25) is 0 Å². The lowest BCUT2D eigenvalue weighted by molar-refractivity contribution is 0.318. The summed E-state index contributed by atoms with van der Waals surface area (Å²) in [5.41, 5.74) is 1.96. The minimum Gasteiger partial charge on any atom is -0.355 e. The zero-order chi connectivity index (χ0) is 16.0. The first-order valence-electron chi connectivity index (χ1n) is 6.82. The zero-order valence-corrected chi connectivity index (χ0v) is 12.9. The molecule has 0 amide bonds. The molecular formula is C16H16N2O3S. The van der Waals surface area contributed by atoms with E-state index in [2.05, 4.69) is 5.32 Å². The lowest BCUT2D eigenvalue weighted by atomic mass is 10.2. The van der Waals surface area contributed by atoms with Crippen LogP contribution in [0.15, 0.2) is 53.4 Å². The molecule has 5 nitrogen and oxygen atoms in total. The first kappa shape index (κ1) is 16.0. The van der Waals surface area contributed by atoms with Crippen LogP contribution in [0.2, 0.25) is 0 Å². The van der Waals surface area contributed by atoms with Crippen LogP contribution in [0.5, 0.6) is 0 Å². The summed E-state index contributed by atoms with van der Waals surface area (Å²) in [6.07, 6.45) is 0.627. The second-order valence-electron chi connectivity index (χ2n) is 4.62. The van der Waals surface area contributed by atoms with Gasteiger partial charge in [-0.3, -0.25) is 4.18 Å². The van der Waals surface area contributed by atoms with E-state index in [-0.39, 0.29) is 11.5 Å². The summed E-state index contributed by atoms with van der Waals surface area (Å²) in [4.78, 5) is 0.111. The Kier molecular flexibility index (Phi) is 5.15. The maximum Gasteiger partial charge on any atom is 0.297 e. The number of rotatable bonds is 6. The number of nitrogens with one attached hydrogen (secondary N) is 1. The largest absolute Gasteiger partial charge is 0.355 e. The molecule has 0 aliphatic carbocycles. The molecule has 2 aromatic rings. The van der Waals surface area contributed by atoms with Crippen molar-refractivity contribution in [3.05, 3.63) is 54.1 Å². The number of hydrogen-bond acceptors (Lipinski definition) is 5. The van der Waals surface area contributed by atoms with Crippen LogP contribution in [0, 0.1) is 11.3 Å². The first-order chi connectivity index (χ1) is 10.5. The van der Waals surface area contributed by atoms with Crippen LogP contribution < -0.4 is 5.32 Å². The molecule has 2 rings (SSSR count). The van der Waals surface area contributed by atoms with E-state index in [1.165, 1.54) is 12.1 Å². The highest BCUT2D eigenvalue weighted by Gasteiger charge is 2.14. The van der Waals surface area contributed by atoms with Gasteiger partial charge in [0.15, 0.2) is 0 Å². The average molecular weight is 316 g/mol. The van der Waals surface area contributed by atoms with Gasteiger partial charge in [0.05, 0.1) is 23.1 Å². The van der Waals surface area contributed by atoms with Crippen LogP contribution in [-0.2, 0) is 14.3 Å². The van der Waals surface area contributed by atoms with E-state index in [1.807, 2.05) is 13.0 Å². The minimum absolute atomic E-state index is 0.111.